The number of nitrogens with zero attached hydrogens (tertiary/aromatic N) is 3. The number of para-hydroxylation sites is 3. The smallest absolute Gasteiger partial charge is 0.293 e. The summed E-state index contributed by atoms with van der Waals surface area (Å²) in [4.78, 5) is 41.9. The van der Waals surface area contributed by atoms with Crippen molar-refractivity contribution in [3.8, 4) is 5.69 Å². The lowest BCUT2D eigenvalue weighted by molar-refractivity contribution is -0.384. The number of amides is 1. The monoisotopic (exact) mass is 424 g/mol. The molecule has 0 atom stereocenters. The van der Waals surface area contributed by atoms with Crippen molar-refractivity contribution < 1.29 is 9.72 Å². The summed E-state index contributed by atoms with van der Waals surface area (Å²) in [5.41, 5.74) is 2.46. The summed E-state index contributed by atoms with van der Waals surface area (Å²) in [5.74, 6) is -0.204. The molecule has 0 aliphatic carbocycles. The van der Waals surface area contributed by atoms with Crippen molar-refractivity contribution in [2.24, 2.45) is 0 Å². The molecule has 8 heteroatoms. The van der Waals surface area contributed by atoms with Gasteiger partial charge in [0.2, 0.25) is 0 Å². The zero-order valence-corrected chi connectivity index (χ0v) is 16.9. The maximum Gasteiger partial charge on any atom is 0.293 e. The molecule has 0 spiro atoms. The van der Waals surface area contributed by atoms with Crippen LogP contribution in [0.3, 0.4) is 0 Å². The van der Waals surface area contributed by atoms with Crippen LogP contribution in [0, 0.1) is 17.0 Å². The Balaban J connectivity index is 1.86. The molecule has 2 heterocycles. The normalized spacial score (nSPS) is 13.9. The minimum atomic E-state index is -0.547. The van der Waals surface area contributed by atoms with Crippen molar-refractivity contribution >= 4 is 39.8 Å². The largest absolute Gasteiger partial charge is 0.321 e. The number of hydrogen-bond donors (Lipinski definition) is 1. The van der Waals surface area contributed by atoms with Crippen LogP contribution in [0.25, 0.3) is 28.2 Å². The van der Waals surface area contributed by atoms with Gasteiger partial charge in [-0.15, -0.1) is 0 Å². The Kier molecular flexibility index (Phi) is 4.41. The maximum absolute atomic E-state index is 13.5. The summed E-state index contributed by atoms with van der Waals surface area (Å²) >= 11 is 0. The number of nitro groups is 1. The van der Waals surface area contributed by atoms with E-state index in [2.05, 4.69) is 10.3 Å². The Morgan fingerprint density at radius 1 is 1.03 bits per heavy atom. The molecule has 0 radical (unpaired) electrons. The van der Waals surface area contributed by atoms with E-state index in [0.717, 1.165) is 5.56 Å². The molecule has 1 amide bonds. The minimum Gasteiger partial charge on any atom is -0.321 e. The third-order valence-electron chi connectivity index (χ3n) is 5.35. The van der Waals surface area contributed by atoms with Crippen LogP contribution < -0.4 is 10.9 Å². The van der Waals surface area contributed by atoms with Gasteiger partial charge in [-0.05, 0) is 43.3 Å². The van der Waals surface area contributed by atoms with Gasteiger partial charge in [-0.3, -0.25) is 24.3 Å². The molecule has 1 N–H and O–H groups in total. The van der Waals surface area contributed by atoms with Crippen molar-refractivity contribution in [2.45, 2.75) is 6.92 Å². The zero-order valence-electron chi connectivity index (χ0n) is 16.9. The first-order chi connectivity index (χ1) is 15.4. The van der Waals surface area contributed by atoms with E-state index in [0.29, 0.717) is 27.7 Å². The van der Waals surface area contributed by atoms with Crippen LogP contribution in [0.5, 0.6) is 0 Å². The Labute approximate surface area is 181 Å². The maximum atomic E-state index is 13.5. The standard InChI is InChI=1S/C24H16N4O4/c1-14-10-11-19-16(12-14)17(23(29)26-19)13-22-25-18-7-3-2-6-15(18)24(30)27(22)20-8-4-5-9-21(20)28(31)32/h2-13H,1H3,(H,26,29). The second kappa shape index (κ2) is 7.28. The fraction of sp³-hybridized carbons (Fsp3) is 0.0417. The van der Waals surface area contributed by atoms with E-state index < -0.39 is 10.5 Å². The highest BCUT2D eigenvalue weighted by atomic mass is 16.6. The van der Waals surface area contributed by atoms with Gasteiger partial charge in [0.1, 0.15) is 11.5 Å². The number of carbonyl (C=O) groups is 1. The number of fused-ring (bicyclic) bond motifs is 2. The summed E-state index contributed by atoms with van der Waals surface area (Å²) < 4.78 is 1.19. The van der Waals surface area contributed by atoms with Crippen molar-refractivity contribution in [3.63, 3.8) is 0 Å². The van der Waals surface area contributed by atoms with Crippen LogP contribution in [0.15, 0.2) is 71.5 Å². The molecule has 8 nitrogen and oxygen atoms in total. The molecule has 0 fully saturated rings. The summed E-state index contributed by atoms with van der Waals surface area (Å²) in [5, 5.41) is 14.8. The lowest BCUT2D eigenvalue weighted by atomic mass is 10.0. The summed E-state index contributed by atoms with van der Waals surface area (Å²) in [7, 11) is 0. The third kappa shape index (κ3) is 3.05. The first-order valence-corrected chi connectivity index (χ1v) is 9.84. The van der Waals surface area contributed by atoms with Gasteiger partial charge in [0.05, 0.1) is 21.4 Å². The van der Waals surface area contributed by atoms with E-state index >= 15 is 0 Å². The summed E-state index contributed by atoms with van der Waals surface area (Å²) in [6.07, 6.45) is 1.51. The molecular formula is C24H16N4O4. The number of aromatic nitrogens is 2. The molecule has 0 unspecified atom stereocenters. The van der Waals surface area contributed by atoms with Gasteiger partial charge in [0.15, 0.2) is 0 Å². The van der Waals surface area contributed by atoms with Gasteiger partial charge in [0, 0.05) is 17.3 Å². The Bertz CT molecular complexity index is 1540. The molecule has 1 aliphatic rings. The van der Waals surface area contributed by atoms with Crippen LogP contribution >= 0.6 is 0 Å². The van der Waals surface area contributed by atoms with Crippen LogP contribution in [-0.4, -0.2) is 20.4 Å². The molecular weight excluding hydrogens is 408 g/mol. The average molecular weight is 424 g/mol. The fourth-order valence-electron chi connectivity index (χ4n) is 3.86. The SMILES string of the molecule is Cc1ccc2c(c1)C(=Cc1nc3ccccc3c(=O)n1-c1ccccc1[N+](=O)[O-])C(=O)N2. The number of aryl methyl sites for hydroxylation is 1. The van der Waals surface area contributed by atoms with Gasteiger partial charge in [0.25, 0.3) is 17.2 Å². The number of anilines is 1. The molecule has 1 aliphatic heterocycles. The highest BCUT2D eigenvalue weighted by Crippen LogP contribution is 2.34. The molecule has 3 aromatic carbocycles. The van der Waals surface area contributed by atoms with E-state index in [4.69, 9.17) is 0 Å². The first-order valence-electron chi connectivity index (χ1n) is 9.84. The number of hydrogen-bond acceptors (Lipinski definition) is 5. The quantitative estimate of drug-likeness (QED) is 0.303. The lowest BCUT2D eigenvalue weighted by Crippen LogP contribution is -2.23. The molecule has 0 bridgehead atoms. The lowest BCUT2D eigenvalue weighted by Gasteiger charge is -2.12. The number of nitrogens with one attached hydrogen (secondary N) is 1. The molecule has 156 valence electrons. The third-order valence-corrected chi connectivity index (χ3v) is 5.35. The van der Waals surface area contributed by atoms with Gasteiger partial charge in [-0.25, -0.2) is 4.98 Å². The van der Waals surface area contributed by atoms with Crippen molar-refractivity contribution in [1.82, 2.24) is 9.55 Å². The second-order valence-electron chi connectivity index (χ2n) is 7.43. The molecule has 0 saturated heterocycles. The number of carbonyl (C=O) groups excluding carboxylic acids is 1. The van der Waals surface area contributed by atoms with Crippen molar-refractivity contribution in [3.05, 3.63) is 104 Å². The van der Waals surface area contributed by atoms with Crippen LogP contribution in [0.4, 0.5) is 11.4 Å². The van der Waals surface area contributed by atoms with E-state index in [1.165, 1.54) is 28.8 Å². The highest BCUT2D eigenvalue weighted by Gasteiger charge is 2.26. The summed E-state index contributed by atoms with van der Waals surface area (Å²) in [6.45, 7) is 1.91. The molecule has 4 aromatic rings. The predicted octanol–water partition coefficient (Wildman–Crippen LogP) is 4.10. The summed E-state index contributed by atoms with van der Waals surface area (Å²) in [6, 6.07) is 18.3. The highest BCUT2D eigenvalue weighted by molar-refractivity contribution is 6.34. The second-order valence-corrected chi connectivity index (χ2v) is 7.43. The Morgan fingerprint density at radius 3 is 2.59 bits per heavy atom. The van der Waals surface area contributed by atoms with Gasteiger partial charge >= 0.3 is 0 Å². The van der Waals surface area contributed by atoms with Gasteiger partial charge < -0.3 is 5.32 Å². The minimum absolute atomic E-state index is 0.0791. The molecule has 32 heavy (non-hydrogen) atoms. The van der Waals surface area contributed by atoms with Crippen molar-refractivity contribution in [1.29, 1.82) is 0 Å². The van der Waals surface area contributed by atoms with E-state index in [9.17, 15) is 19.7 Å². The fourth-order valence-corrected chi connectivity index (χ4v) is 3.86. The van der Waals surface area contributed by atoms with Crippen LogP contribution in [-0.2, 0) is 4.79 Å². The van der Waals surface area contributed by atoms with E-state index in [1.54, 1.807) is 30.3 Å². The molecule has 5 rings (SSSR count). The number of rotatable bonds is 3. The van der Waals surface area contributed by atoms with Crippen LogP contribution in [0.2, 0.25) is 0 Å². The molecule has 1 aromatic heterocycles. The van der Waals surface area contributed by atoms with Gasteiger partial charge in [-0.1, -0.05) is 35.9 Å². The zero-order chi connectivity index (χ0) is 22.4. The number of nitro benzene ring substituents is 1. The van der Waals surface area contributed by atoms with Gasteiger partial charge in [-0.2, -0.15) is 0 Å². The molecule has 0 saturated carbocycles. The first kappa shape index (κ1) is 19.4. The van der Waals surface area contributed by atoms with E-state index in [-0.39, 0.29) is 23.1 Å². The average Bonchev–Trinajstić information content (AvgIpc) is 3.08. The topological polar surface area (TPSA) is 107 Å². The van der Waals surface area contributed by atoms with Crippen molar-refractivity contribution in [2.75, 3.05) is 5.32 Å². The Hall–Kier alpha value is -4.59. The Morgan fingerprint density at radius 2 is 1.78 bits per heavy atom. The van der Waals surface area contributed by atoms with Crippen LogP contribution in [0.1, 0.15) is 17.0 Å². The van der Waals surface area contributed by atoms with E-state index in [1.807, 2.05) is 25.1 Å². The predicted molar refractivity (Wildman–Crippen MR) is 122 cm³/mol. The number of benzene rings is 3.